The van der Waals surface area contributed by atoms with Crippen molar-refractivity contribution in [2.75, 3.05) is 0 Å². The minimum absolute atomic E-state index is 0.261. The number of benzene rings is 1. The van der Waals surface area contributed by atoms with Crippen LogP contribution in [-0.2, 0) is 11.2 Å². The normalized spacial score (nSPS) is 10.8. The summed E-state index contributed by atoms with van der Waals surface area (Å²) in [7, 11) is 0. The van der Waals surface area contributed by atoms with Crippen molar-refractivity contribution in [3.05, 3.63) is 60.4 Å². The van der Waals surface area contributed by atoms with Crippen LogP contribution in [-0.4, -0.2) is 15.2 Å². The summed E-state index contributed by atoms with van der Waals surface area (Å²) in [6, 6.07) is 14.0. The molecule has 2 aromatic heterocycles. The van der Waals surface area contributed by atoms with Crippen LogP contribution in [0.2, 0.25) is 0 Å². The molecule has 1 aromatic carbocycles. The number of carbonyl (C=O) groups is 1. The van der Waals surface area contributed by atoms with Crippen molar-refractivity contribution < 1.29 is 4.79 Å². The van der Waals surface area contributed by atoms with Crippen molar-refractivity contribution in [3.8, 4) is 11.3 Å². The molecule has 0 saturated heterocycles. The maximum atomic E-state index is 11.6. The van der Waals surface area contributed by atoms with Crippen molar-refractivity contribution in [1.82, 2.24) is 9.38 Å². The van der Waals surface area contributed by atoms with Gasteiger partial charge in [-0.15, -0.1) is 0 Å². The maximum Gasteiger partial charge on any atom is 0.137 e. The number of pyridine rings is 1. The Bertz CT molecular complexity index is 725. The maximum absolute atomic E-state index is 11.6. The van der Waals surface area contributed by atoms with Crippen LogP contribution < -0.4 is 0 Å². The zero-order chi connectivity index (χ0) is 13.9. The monoisotopic (exact) mass is 264 g/mol. The van der Waals surface area contributed by atoms with Gasteiger partial charge in [-0.1, -0.05) is 31.2 Å². The van der Waals surface area contributed by atoms with Crippen LogP contribution >= 0.6 is 0 Å². The molecular weight excluding hydrogens is 248 g/mol. The van der Waals surface area contributed by atoms with Crippen molar-refractivity contribution in [3.63, 3.8) is 0 Å². The van der Waals surface area contributed by atoms with Crippen molar-refractivity contribution in [2.45, 2.75) is 19.8 Å². The fourth-order valence-electron chi connectivity index (χ4n) is 2.27. The summed E-state index contributed by atoms with van der Waals surface area (Å²) in [5.74, 6) is 0.261. The van der Waals surface area contributed by atoms with E-state index >= 15 is 0 Å². The van der Waals surface area contributed by atoms with Gasteiger partial charge >= 0.3 is 0 Å². The molecule has 3 rings (SSSR count). The van der Waals surface area contributed by atoms with Gasteiger partial charge in [0.2, 0.25) is 0 Å². The standard InChI is InChI=1S/C17H16N2O/c1-2-15(20)11-13-6-5-7-14(10-13)16-12-19-9-4-3-8-17(19)18-16/h3-10,12H,2,11H2,1H3. The summed E-state index contributed by atoms with van der Waals surface area (Å²) < 4.78 is 2.00. The number of carbonyl (C=O) groups excluding carboxylic acids is 1. The van der Waals surface area contributed by atoms with Gasteiger partial charge in [0.1, 0.15) is 11.4 Å². The number of aromatic nitrogens is 2. The second-order valence-electron chi connectivity index (χ2n) is 4.86. The molecule has 0 N–H and O–H groups in total. The van der Waals surface area contributed by atoms with E-state index < -0.39 is 0 Å². The zero-order valence-corrected chi connectivity index (χ0v) is 11.4. The summed E-state index contributed by atoms with van der Waals surface area (Å²) in [4.78, 5) is 16.2. The van der Waals surface area contributed by atoms with Gasteiger partial charge in [0, 0.05) is 30.8 Å². The molecular formula is C17H16N2O. The van der Waals surface area contributed by atoms with Crippen molar-refractivity contribution in [2.24, 2.45) is 0 Å². The molecule has 2 heterocycles. The van der Waals surface area contributed by atoms with Gasteiger partial charge in [0.05, 0.1) is 5.69 Å². The Kier molecular flexibility index (Phi) is 3.33. The van der Waals surface area contributed by atoms with Gasteiger partial charge in [0.25, 0.3) is 0 Å². The smallest absolute Gasteiger partial charge is 0.137 e. The van der Waals surface area contributed by atoms with E-state index in [0.29, 0.717) is 12.8 Å². The molecule has 3 heteroatoms. The highest BCUT2D eigenvalue weighted by molar-refractivity contribution is 5.81. The number of Topliss-reactive ketones (excluding diaryl/α,β-unsaturated/α-hetero) is 1. The van der Waals surface area contributed by atoms with Crippen LogP contribution in [0.15, 0.2) is 54.9 Å². The van der Waals surface area contributed by atoms with Crippen LogP contribution in [0.1, 0.15) is 18.9 Å². The van der Waals surface area contributed by atoms with Crippen LogP contribution in [0.4, 0.5) is 0 Å². The first-order chi connectivity index (χ1) is 9.76. The predicted molar refractivity (Wildman–Crippen MR) is 79.6 cm³/mol. The van der Waals surface area contributed by atoms with E-state index in [9.17, 15) is 4.79 Å². The van der Waals surface area contributed by atoms with Gasteiger partial charge in [0.15, 0.2) is 0 Å². The molecule has 0 atom stereocenters. The molecule has 0 aliphatic heterocycles. The third-order valence-corrected chi connectivity index (χ3v) is 3.38. The molecule has 0 radical (unpaired) electrons. The third kappa shape index (κ3) is 2.48. The summed E-state index contributed by atoms with van der Waals surface area (Å²) in [6.07, 6.45) is 5.07. The fourth-order valence-corrected chi connectivity index (χ4v) is 2.27. The minimum Gasteiger partial charge on any atom is -0.306 e. The van der Waals surface area contributed by atoms with Crippen molar-refractivity contribution >= 4 is 11.4 Å². The lowest BCUT2D eigenvalue weighted by Crippen LogP contribution is -2.00. The van der Waals surface area contributed by atoms with E-state index in [0.717, 1.165) is 22.5 Å². The third-order valence-electron chi connectivity index (χ3n) is 3.38. The highest BCUT2D eigenvalue weighted by Crippen LogP contribution is 2.20. The molecule has 0 spiro atoms. The van der Waals surface area contributed by atoms with E-state index in [1.54, 1.807) is 0 Å². The number of ketones is 1. The van der Waals surface area contributed by atoms with E-state index in [1.807, 2.05) is 60.1 Å². The first kappa shape index (κ1) is 12.6. The average molecular weight is 264 g/mol. The molecule has 0 bridgehead atoms. The van der Waals surface area contributed by atoms with Gasteiger partial charge < -0.3 is 4.40 Å². The molecule has 0 aliphatic carbocycles. The Morgan fingerprint density at radius 3 is 2.90 bits per heavy atom. The molecule has 100 valence electrons. The number of nitrogens with zero attached hydrogens (tertiary/aromatic N) is 2. The molecule has 20 heavy (non-hydrogen) atoms. The van der Waals surface area contributed by atoms with Crippen LogP contribution in [0.5, 0.6) is 0 Å². The molecule has 0 fully saturated rings. The van der Waals surface area contributed by atoms with Crippen molar-refractivity contribution in [1.29, 1.82) is 0 Å². The van der Waals surface area contributed by atoms with Gasteiger partial charge in [-0.3, -0.25) is 4.79 Å². The van der Waals surface area contributed by atoms with Crippen LogP contribution in [0.3, 0.4) is 0 Å². The SMILES string of the molecule is CCC(=O)Cc1cccc(-c2cn3ccccc3n2)c1. The fraction of sp³-hybridized carbons (Fsp3) is 0.176. The molecule has 3 aromatic rings. The topological polar surface area (TPSA) is 34.4 Å². The van der Waals surface area contributed by atoms with E-state index in [-0.39, 0.29) is 5.78 Å². The molecule has 0 amide bonds. The number of hydrogen-bond acceptors (Lipinski definition) is 2. The lowest BCUT2D eigenvalue weighted by molar-refractivity contribution is -0.118. The number of hydrogen-bond donors (Lipinski definition) is 0. The average Bonchev–Trinajstić information content (AvgIpc) is 2.91. The molecule has 0 unspecified atom stereocenters. The van der Waals surface area contributed by atoms with Crippen LogP contribution in [0, 0.1) is 0 Å². The Morgan fingerprint density at radius 1 is 1.20 bits per heavy atom. The first-order valence-electron chi connectivity index (χ1n) is 6.81. The summed E-state index contributed by atoms with van der Waals surface area (Å²) in [5, 5.41) is 0. The Labute approximate surface area is 117 Å². The van der Waals surface area contributed by atoms with E-state index in [1.165, 1.54) is 0 Å². The lowest BCUT2D eigenvalue weighted by atomic mass is 10.0. The van der Waals surface area contributed by atoms with Gasteiger partial charge in [-0.25, -0.2) is 4.98 Å². The zero-order valence-electron chi connectivity index (χ0n) is 11.4. The van der Waals surface area contributed by atoms with Gasteiger partial charge in [-0.2, -0.15) is 0 Å². The summed E-state index contributed by atoms with van der Waals surface area (Å²) >= 11 is 0. The predicted octanol–water partition coefficient (Wildman–Crippen LogP) is 3.52. The van der Waals surface area contributed by atoms with E-state index in [2.05, 4.69) is 11.1 Å². The number of imidazole rings is 1. The molecule has 3 nitrogen and oxygen atoms in total. The first-order valence-corrected chi connectivity index (χ1v) is 6.81. The Balaban J connectivity index is 1.97. The summed E-state index contributed by atoms with van der Waals surface area (Å²) in [6.45, 7) is 1.90. The highest BCUT2D eigenvalue weighted by atomic mass is 16.1. The van der Waals surface area contributed by atoms with Gasteiger partial charge in [-0.05, 0) is 23.8 Å². The highest BCUT2D eigenvalue weighted by Gasteiger charge is 2.06. The molecule has 0 aliphatic rings. The number of fused-ring (bicyclic) bond motifs is 1. The summed E-state index contributed by atoms with van der Waals surface area (Å²) in [5.41, 5.74) is 3.96. The lowest BCUT2D eigenvalue weighted by Gasteiger charge is -2.02. The Hall–Kier alpha value is -2.42. The quantitative estimate of drug-likeness (QED) is 0.722. The van der Waals surface area contributed by atoms with Crippen LogP contribution in [0.25, 0.3) is 16.9 Å². The van der Waals surface area contributed by atoms with E-state index in [4.69, 9.17) is 0 Å². The largest absolute Gasteiger partial charge is 0.306 e. The number of rotatable bonds is 4. The second-order valence-corrected chi connectivity index (χ2v) is 4.86. The minimum atomic E-state index is 0.261. The molecule has 0 saturated carbocycles. The Morgan fingerprint density at radius 2 is 2.10 bits per heavy atom. The second kappa shape index (κ2) is 5.29.